The highest BCUT2D eigenvalue weighted by Gasteiger charge is 2.27. The lowest BCUT2D eigenvalue weighted by atomic mass is 10.2. The second kappa shape index (κ2) is 5.53. The fourth-order valence-corrected chi connectivity index (χ4v) is 4.56. The predicted octanol–water partition coefficient (Wildman–Crippen LogP) is 2.90. The Hall–Kier alpha value is -1.64. The lowest BCUT2D eigenvalue weighted by Gasteiger charge is -2.08. The third-order valence-electron chi connectivity index (χ3n) is 3.24. The maximum Gasteiger partial charge on any atom is 0.258 e. The highest BCUT2D eigenvalue weighted by Crippen LogP contribution is 2.28. The molecule has 0 aliphatic heterocycles. The lowest BCUT2D eigenvalue weighted by Crippen LogP contribution is -2.25. The number of imidazole rings is 1. The van der Waals surface area contributed by atoms with Crippen molar-refractivity contribution in [3.63, 3.8) is 0 Å². The molecule has 0 saturated heterocycles. The van der Waals surface area contributed by atoms with E-state index < -0.39 is 10.0 Å². The zero-order chi connectivity index (χ0) is 15.9. The number of fused-ring (bicyclic) bond motifs is 1. The first-order chi connectivity index (χ1) is 10.4. The number of nitrogens with zero attached hydrogens (tertiary/aromatic N) is 2. The summed E-state index contributed by atoms with van der Waals surface area (Å²) in [6, 6.07) is 3.45. The summed E-state index contributed by atoms with van der Waals surface area (Å²) in [5.41, 5.74) is 0.582. The summed E-state index contributed by atoms with van der Waals surface area (Å²) in [7, 11) is -3.68. The van der Waals surface area contributed by atoms with Gasteiger partial charge in [-0.2, -0.15) is 0 Å². The van der Waals surface area contributed by atoms with Crippen molar-refractivity contribution in [3.05, 3.63) is 40.9 Å². The summed E-state index contributed by atoms with van der Waals surface area (Å²) in [5.74, 6) is 0.583. The molecule has 22 heavy (non-hydrogen) atoms. The Balaban J connectivity index is 2.04. The molecule has 3 aromatic heterocycles. The number of furan rings is 1. The molecule has 0 atom stereocenters. The lowest BCUT2D eigenvalue weighted by molar-refractivity contribution is 0.497. The minimum absolute atomic E-state index is 0.0163. The molecule has 0 amide bonds. The van der Waals surface area contributed by atoms with Crippen LogP contribution in [0.25, 0.3) is 4.96 Å². The van der Waals surface area contributed by atoms with Gasteiger partial charge in [0, 0.05) is 11.1 Å². The average Bonchev–Trinajstić information content (AvgIpc) is 3.10. The van der Waals surface area contributed by atoms with Crippen molar-refractivity contribution in [2.24, 2.45) is 0 Å². The summed E-state index contributed by atoms with van der Waals surface area (Å²) in [5, 5.41) is 0.216. The van der Waals surface area contributed by atoms with Gasteiger partial charge < -0.3 is 4.42 Å². The summed E-state index contributed by atoms with van der Waals surface area (Å²) in [6.45, 7) is 5.92. The number of sulfonamides is 1. The minimum Gasteiger partial charge on any atom is -0.468 e. The van der Waals surface area contributed by atoms with Gasteiger partial charge in [-0.15, -0.1) is 11.3 Å². The van der Waals surface area contributed by atoms with Crippen LogP contribution in [0.15, 0.2) is 34.0 Å². The molecular weight excluding hydrogens is 322 g/mol. The molecule has 0 unspecified atom stereocenters. The van der Waals surface area contributed by atoms with Gasteiger partial charge in [0.15, 0.2) is 9.99 Å². The van der Waals surface area contributed by atoms with Gasteiger partial charge in [0.05, 0.1) is 18.5 Å². The van der Waals surface area contributed by atoms with Gasteiger partial charge in [0.2, 0.25) is 0 Å². The van der Waals surface area contributed by atoms with E-state index in [1.54, 1.807) is 22.7 Å². The van der Waals surface area contributed by atoms with Gasteiger partial charge in [-0.25, -0.2) is 18.1 Å². The minimum atomic E-state index is -3.68. The number of hydrogen-bond acceptors (Lipinski definition) is 5. The first kappa shape index (κ1) is 15.3. The largest absolute Gasteiger partial charge is 0.468 e. The molecule has 3 aromatic rings. The Morgan fingerprint density at radius 1 is 1.45 bits per heavy atom. The van der Waals surface area contributed by atoms with Crippen molar-refractivity contribution >= 4 is 26.3 Å². The van der Waals surface area contributed by atoms with Crippen molar-refractivity contribution in [2.45, 2.75) is 38.3 Å². The SMILES string of the molecule is Cc1cn2c(S(=O)(=O)NCc3ccco3)c(C(C)C)nc2s1. The Morgan fingerprint density at radius 2 is 2.23 bits per heavy atom. The van der Waals surface area contributed by atoms with Gasteiger partial charge in [0.25, 0.3) is 10.0 Å². The molecule has 118 valence electrons. The first-order valence-electron chi connectivity index (χ1n) is 6.89. The molecule has 0 aromatic carbocycles. The van der Waals surface area contributed by atoms with E-state index in [4.69, 9.17) is 4.42 Å². The fraction of sp³-hybridized carbons (Fsp3) is 0.357. The summed E-state index contributed by atoms with van der Waals surface area (Å²) in [6.07, 6.45) is 3.32. The maximum absolute atomic E-state index is 12.7. The van der Waals surface area contributed by atoms with E-state index >= 15 is 0 Å². The molecule has 0 aliphatic rings. The van der Waals surface area contributed by atoms with E-state index in [1.807, 2.05) is 20.8 Å². The third-order valence-corrected chi connectivity index (χ3v) is 5.58. The van der Waals surface area contributed by atoms with Gasteiger partial charge in [-0.05, 0) is 25.0 Å². The number of nitrogens with one attached hydrogen (secondary N) is 1. The van der Waals surface area contributed by atoms with Crippen molar-refractivity contribution in [2.75, 3.05) is 0 Å². The van der Waals surface area contributed by atoms with Crippen LogP contribution >= 0.6 is 11.3 Å². The number of aromatic nitrogens is 2. The van der Waals surface area contributed by atoms with Crippen LogP contribution in [0, 0.1) is 6.92 Å². The topological polar surface area (TPSA) is 76.6 Å². The van der Waals surface area contributed by atoms with Crippen molar-refractivity contribution in [1.82, 2.24) is 14.1 Å². The zero-order valence-electron chi connectivity index (χ0n) is 12.5. The smallest absolute Gasteiger partial charge is 0.258 e. The second-order valence-corrected chi connectivity index (χ2v) is 8.25. The van der Waals surface area contributed by atoms with Crippen molar-refractivity contribution < 1.29 is 12.8 Å². The fourth-order valence-electron chi connectivity index (χ4n) is 2.24. The Labute approximate surface area is 132 Å². The van der Waals surface area contributed by atoms with Gasteiger partial charge >= 0.3 is 0 Å². The van der Waals surface area contributed by atoms with E-state index in [0.29, 0.717) is 16.4 Å². The Kier molecular flexibility index (Phi) is 3.84. The molecule has 0 radical (unpaired) electrons. The molecule has 1 N–H and O–H groups in total. The van der Waals surface area contributed by atoms with Crippen LogP contribution in [-0.4, -0.2) is 17.8 Å². The number of rotatable bonds is 5. The van der Waals surface area contributed by atoms with Gasteiger partial charge in [-0.3, -0.25) is 4.40 Å². The highest BCUT2D eigenvalue weighted by atomic mass is 32.2. The van der Waals surface area contributed by atoms with E-state index in [2.05, 4.69) is 9.71 Å². The van der Waals surface area contributed by atoms with Crippen molar-refractivity contribution in [1.29, 1.82) is 0 Å². The molecular formula is C14H17N3O3S2. The number of aryl methyl sites for hydroxylation is 1. The van der Waals surface area contributed by atoms with E-state index in [-0.39, 0.29) is 17.5 Å². The highest BCUT2D eigenvalue weighted by molar-refractivity contribution is 7.89. The molecule has 3 heterocycles. The van der Waals surface area contributed by atoms with Crippen LogP contribution in [0.1, 0.15) is 36.1 Å². The van der Waals surface area contributed by atoms with Crippen molar-refractivity contribution in [3.8, 4) is 0 Å². The van der Waals surface area contributed by atoms with Crippen LogP contribution in [0.3, 0.4) is 0 Å². The van der Waals surface area contributed by atoms with Crippen LogP contribution in [0.4, 0.5) is 0 Å². The van der Waals surface area contributed by atoms with Gasteiger partial charge in [0.1, 0.15) is 5.76 Å². The third kappa shape index (κ3) is 2.69. The van der Waals surface area contributed by atoms with E-state index in [0.717, 1.165) is 4.88 Å². The maximum atomic E-state index is 12.7. The quantitative estimate of drug-likeness (QED) is 0.775. The standard InChI is InChI=1S/C14H17N3O3S2/c1-9(2)12-13(17-8-10(3)21-14(17)16-12)22(18,19)15-7-11-5-4-6-20-11/h4-6,8-9,15H,7H2,1-3H3. The molecule has 3 rings (SSSR count). The molecule has 0 fully saturated rings. The van der Waals surface area contributed by atoms with E-state index in [9.17, 15) is 8.42 Å². The number of thiazole rings is 1. The average molecular weight is 339 g/mol. The van der Waals surface area contributed by atoms with Crippen LogP contribution in [-0.2, 0) is 16.6 Å². The summed E-state index contributed by atoms with van der Waals surface area (Å²) in [4.78, 5) is 6.19. The molecule has 0 saturated carbocycles. The molecule has 6 nitrogen and oxygen atoms in total. The Morgan fingerprint density at radius 3 is 2.86 bits per heavy atom. The molecule has 0 bridgehead atoms. The monoisotopic (exact) mass is 339 g/mol. The number of hydrogen-bond donors (Lipinski definition) is 1. The normalized spacial score (nSPS) is 12.5. The zero-order valence-corrected chi connectivity index (χ0v) is 14.2. The van der Waals surface area contributed by atoms with E-state index in [1.165, 1.54) is 17.6 Å². The first-order valence-corrected chi connectivity index (χ1v) is 9.19. The second-order valence-electron chi connectivity index (χ2n) is 5.36. The predicted molar refractivity (Wildman–Crippen MR) is 84.6 cm³/mol. The molecule has 0 spiro atoms. The molecule has 8 heteroatoms. The van der Waals surface area contributed by atoms with Gasteiger partial charge in [-0.1, -0.05) is 13.8 Å². The van der Waals surface area contributed by atoms with Crippen LogP contribution in [0.5, 0.6) is 0 Å². The Bertz CT molecular complexity index is 889. The van der Waals surface area contributed by atoms with Crippen LogP contribution in [0.2, 0.25) is 0 Å². The van der Waals surface area contributed by atoms with Crippen LogP contribution < -0.4 is 4.72 Å². The summed E-state index contributed by atoms with van der Waals surface area (Å²) < 4.78 is 34.9. The molecule has 0 aliphatic carbocycles. The summed E-state index contributed by atoms with van der Waals surface area (Å²) >= 11 is 1.48.